The number of nitrogens with zero attached hydrogens (tertiary/aromatic N) is 1. The van der Waals surface area contributed by atoms with Crippen LogP contribution in [0.1, 0.15) is 35.2 Å². The number of aromatic hydroxyl groups is 1. The molecule has 0 unspecified atom stereocenters. The van der Waals surface area contributed by atoms with Crippen LogP contribution in [-0.4, -0.2) is 31.3 Å². The largest absolute Gasteiger partial charge is 0.507 e. The van der Waals surface area contributed by atoms with Gasteiger partial charge in [-0.1, -0.05) is 12.1 Å². The van der Waals surface area contributed by atoms with Gasteiger partial charge in [0.05, 0.1) is 7.11 Å². The molecule has 1 fully saturated rings. The van der Waals surface area contributed by atoms with Gasteiger partial charge in [0, 0.05) is 31.0 Å². The van der Waals surface area contributed by atoms with Gasteiger partial charge in [-0.25, -0.2) is 4.79 Å². The number of methoxy groups -OCH3 is 1. The first-order chi connectivity index (χ1) is 12.2. The lowest BCUT2D eigenvalue weighted by Gasteiger charge is -2.28. The Hall–Kier alpha value is -2.69. The lowest BCUT2D eigenvalue weighted by Crippen LogP contribution is -2.29. The summed E-state index contributed by atoms with van der Waals surface area (Å²) in [5.41, 5.74) is 3.36. The van der Waals surface area contributed by atoms with Crippen molar-refractivity contribution in [3.05, 3.63) is 53.6 Å². The Bertz CT molecular complexity index is 722. The van der Waals surface area contributed by atoms with Crippen molar-refractivity contribution in [3.63, 3.8) is 0 Å². The molecule has 0 spiro atoms. The van der Waals surface area contributed by atoms with Gasteiger partial charge in [0.1, 0.15) is 11.3 Å². The second-order valence-corrected chi connectivity index (χ2v) is 6.29. The lowest BCUT2D eigenvalue weighted by molar-refractivity contribution is 0.0597. The highest BCUT2D eigenvalue weighted by atomic mass is 16.5. The summed E-state index contributed by atoms with van der Waals surface area (Å²) in [6.07, 6.45) is 3.87. The molecule has 0 saturated carbocycles. The van der Waals surface area contributed by atoms with Crippen LogP contribution in [0.25, 0.3) is 0 Å². The average molecular weight is 340 g/mol. The van der Waals surface area contributed by atoms with Crippen molar-refractivity contribution in [1.29, 1.82) is 0 Å². The van der Waals surface area contributed by atoms with E-state index in [9.17, 15) is 9.90 Å². The fourth-order valence-corrected chi connectivity index (χ4v) is 3.10. The molecule has 1 aliphatic heterocycles. The second kappa shape index (κ2) is 7.92. The topological polar surface area (TPSA) is 61.8 Å². The van der Waals surface area contributed by atoms with Crippen molar-refractivity contribution in [2.45, 2.75) is 25.8 Å². The number of carbonyl (C=O) groups is 1. The van der Waals surface area contributed by atoms with Gasteiger partial charge >= 0.3 is 5.97 Å². The molecule has 0 radical (unpaired) electrons. The average Bonchev–Trinajstić information content (AvgIpc) is 2.68. The number of phenols is 1. The number of anilines is 2. The van der Waals surface area contributed by atoms with Crippen LogP contribution >= 0.6 is 0 Å². The Morgan fingerprint density at radius 3 is 2.52 bits per heavy atom. The zero-order valence-corrected chi connectivity index (χ0v) is 14.5. The van der Waals surface area contributed by atoms with Crippen molar-refractivity contribution in [1.82, 2.24) is 0 Å². The van der Waals surface area contributed by atoms with Crippen LogP contribution in [0.5, 0.6) is 5.75 Å². The van der Waals surface area contributed by atoms with Gasteiger partial charge in [0.25, 0.3) is 0 Å². The summed E-state index contributed by atoms with van der Waals surface area (Å²) in [6.45, 7) is 2.93. The maximum Gasteiger partial charge on any atom is 0.341 e. The van der Waals surface area contributed by atoms with Gasteiger partial charge in [-0.05, 0) is 55.2 Å². The van der Waals surface area contributed by atoms with E-state index in [1.54, 1.807) is 12.1 Å². The summed E-state index contributed by atoms with van der Waals surface area (Å²) in [7, 11) is 1.30. The van der Waals surface area contributed by atoms with Crippen molar-refractivity contribution in [3.8, 4) is 5.75 Å². The van der Waals surface area contributed by atoms with E-state index >= 15 is 0 Å². The monoisotopic (exact) mass is 340 g/mol. The minimum atomic E-state index is -0.549. The molecule has 2 aromatic rings. The highest BCUT2D eigenvalue weighted by Gasteiger charge is 2.12. The first-order valence-electron chi connectivity index (χ1n) is 8.66. The van der Waals surface area contributed by atoms with E-state index < -0.39 is 5.97 Å². The van der Waals surface area contributed by atoms with Crippen molar-refractivity contribution < 1.29 is 14.6 Å². The first kappa shape index (κ1) is 17.1. The number of piperidine rings is 1. The fraction of sp³-hybridized carbons (Fsp3) is 0.350. The van der Waals surface area contributed by atoms with Crippen LogP contribution in [0.15, 0.2) is 42.5 Å². The molecular weight excluding hydrogens is 316 g/mol. The van der Waals surface area contributed by atoms with E-state index in [2.05, 4.69) is 39.2 Å². The molecule has 0 aliphatic carbocycles. The Kier molecular flexibility index (Phi) is 5.43. The summed E-state index contributed by atoms with van der Waals surface area (Å²) in [4.78, 5) is 14.1. The molecule has 0 amide bonds. The van der Waals surface area contributed by atoms with E-state index in [-0.39, 0.29) is 11.3 Å². The first-order valence-corrected chi connectivity index (χ1v) is 8.66. The normalized spacial score (nSPS) is 14.2. The van der Waals surface area contributed by atoms with Crippen molar-refractivity contribution in [2.24, 2.45) is 0 Å². The summed E-state index contributed by atoms with van der Waals surface area (Å²) < 4.78 is 4.67. The summed E-state index contributed by atoms with van der Waals surface area (Å²) in [5, 5.41) is 13.0. The van der Waals surface area contributed by atoms with Gasteiger partial charge in [-0.3, -0.25) is 0 Å². The molecule has 3 rings (SSSR count). The van der Waals surface area contributed by atoms with E-state index in [0.717, 1.165) is 24.3 Å². The molecule has 0 bridgehead atoms. The van der Waals surface area contributed by atoms with Crippen LogP contribution < -0.4 is 10.2 Å². The standard InChI is InChI=1S/C20H24N2O3/c1-25-20(24)18-13-16(7-10-19(18)23)21-14-15-5-8-17(9-6-15)22-11-3-2-4-12-22/h5-10,13,21,23H,2-4,11-12,14H2,1H3. The van der Waals surface area contributed by atoms with Crippen molar-refractivity contribution in [2.75, 3.05) is 30.4 Å². The van der Waals surface area contributed by atoms with Gasteiger partial charge < -0.3 is 20.1 Å². The number of rotatable bonds is 5. The third kappa shape index (κ3) is 4.24. The fourth-order valence-electron chi connectivity index (χ4n) is 3.10. The van der Waals surface area contributed by atoms with Gasteiger partial charge in [-0.15, -0.1) is 0 Å². The van der Waals surface area contributed by atoms with E-state index in [1.165, 1.54) is 38.1 Å². The molecular formula is C20H24N2O3. The highest BCUT2D eigenvalue weighted by molar-refractivity contribution is 5.93. The number of esters is 1. The maximum absolute atomic E-state index is 11.6. The predicted molar refractivity (Wildman–Crippen MR) is 99.3 cm³/mol. The predicted octanol–water partition coefficient (Wildman–Crippen LogP) is 3.78. The molecule has 1 aliphatic rings. The van der Waals surface area contributed by atoms with Crippen LogP contribution in [0.3, 0.4) is 0 Å². The third-order valence-electron chi connectivity index (χ3n) is 4.56. The van der Waals surface area contributed by atoms with E-state index in [0.29, 0.717) is 6.54 Å². The number of nitrogens with one attached hydrogen (secondary N) is 1. The van der Waals surface area contributed by atoms with Gasteiger partial charge in [0.15, 0.2) is 0 Å². The molecule has 132 valence electrons. The van der Waals surface area contributed by atoms with Crippen LogP contribution in [0, 0.1) is 0 Å². The lowest BCUT2D eigenvalue weighted by atomic mass is 10.1. The molecule has 0 aromatic heterocycles. The molecule has 25 heavy (non-hydrogen) atoms. The maximum atomic E-state index is 11.6. The Morgan fingerprint density at radius 1 is 1.12 bits per heavy atom. The minimum absolute atomic E-state index is 0.0803. The van der Waals surface area contributed by atoms with Crippen LogP contribution in [-0.2, 0) is 11.3 Å². The molecule has 5 heteroatoms. The zero-order valence-electron chi connectivity index (χ0n) is 14.5. The number of carbonyl (C=O) groups excluding carboxylic acids is 1. The third-order valence-corrected chi connectivity index (χ3v) is 4.56. The number of ether oxygens (including phenoxy) is 1. The molecule has 0 atom stereocenters. The number of hydrogen-bond acceptors (Lipinski definition) is 5. The van der Waals surface area contributed by atoms with Crippen LogP contribution in [0.2, 0.25) is 0 Å². The van der Waals surface area contributed by atoms with Gasteiger partial charge in [-0.2, -0.15) is 0 Å². The SMILES string of the molecule is COC(=O)c1cc(NCc2ccc(N3CCCCC3)cc2)ccc1O. The molecule has 2 N–H and O–H groups in total. The molecule has 2 aromatic carbocycles. The Labute approximate surface area is 148 Å². The van der Waals surface area contributed by atoms with E-state index in [4.69, 9.17) is 0 Å². The number of benzene rings is 2. The molecule has 5 nitrogen and oxygen atoms in total. The smallest absolute Gasteiger partial charge is 0.341 e. The Balaban J connectivity index is 1.62. The number of hydrogen-bond donors (Lipinski definition) is 2. The van der Waals surface area contributed by atoms with Crippen LogP contribution in [0.4, 0.5) is 11.4 Å². The summed E-state index contributed by atoms with van der Waals surface area (Å²) in [5.74, 6) is -0.629. The Morgan fingerprint density at radius 2 is 1.84 bits per heavy atom. The summed E-state index contributed by atoms with van der Waals surface area (Å²) >= 11 is 0. The molecule has 1 saturated heterocycles. The van der Waals surface area contributed by atoms with Gasteiger partial charge in [0.2, 0.25) is 0 Å². The number of phenolic OH excluding ortho intramolecular Hbond substituents is 1. The van der Waals surface area contributed by atoms with Crippen molar-refractivity contribution >= 4 is 17.3 Å². The second-order valence-electron chi connectivity index (χ2n) is 6.29. The van der Waals surface area contributed by atoms with E-state index in [1.807, 2.05) is 0 Å². The molecule has 1 heterocycles. The quantitative estimate of drug-likeness (QED) is 0.641. The minimum Gasteiger partial charge on any atom is -0.507 e. The highest BCUT2D eigenvalue weighted by Crippen LogP contribution is 2.23. The summed E-state index contributed by atoms with van der Waals surface area (Å²) in [6, 6.07) is 13.4. The zero-order chi connectivity index (χ0) is 17.6.